The summed E-state index contributed by atoms with van der Waals surface area (Å²) >= 11 is 0. The number of aliphatic hydroxyl groups excluding tert-OH is 4. The lowest BCUT2D eigenvalue weighted by Gasteiger charge is -2.29. The Balaban J connectivity index is 5.09. The molecule has 0 radical (unpaired) electrons. The highest BCUT2D eigenvalue weighted by molar-refractivity contribution is 5.82. The molecule has 4 atom stereocenters. The third-order valence-corrected chi connectivity index (χ3v) is 2.76. The number of amides is 1. The fraction of sp³-hybridized carbons (Fsp3) is 0.900. The Morgan fingerprint density at radius 2 is 1.79 bits per heavy atom. The van der Waals surface area contributed by atoms with Crippen molar-refractivity contribution in [3.63, 3.8) is 0 Å². The van der Waals surface area contributed by atoms with Crippen LogP contribution in [0, 0.1) is 0 Å². The number of hydrogen-bond acceptors (Lipinski definition) is 6. The van der Waals surface area contributed by atoms with E-state index in [0.717, 1.165) is 0 Å². The van der Waals surface area contributed by atoms with Gasteiger partial charge in [0.25, 0.3) is 0 Å². The van der Waals surface area contributed by atoms with Gasteiger partial charge < -0.3 is 25.3 Å². The topological polar surface area (TPSA) is 150 Å². The summed E-state index contributed by atoms with van der Waals surface area (Å²) in [6.45, 7) is 3.32. The van der Waals surface area contributed by atoms with E-state index in [1.807, 2.05) is 0 Å². The zero-order chi connectivity index (χ0) is 15.0. The van der Waals surface area contributed by atoms with Crippen molar-refractivity contribution < 1.29 is 25.2 Å². The van der Waals surface area contributed by atoms with Crippen molar-refractivity contribution in [2.75, 3.05) is 19.7 Å². The molecule has 110 valence electrons. The molecule has 0 aliphatic rings. The second kappa shape index (κ2) is 8.68. The van der Waals surface area contributed by atoms with Crippen molar-refractivity contribution in [3.8, 4) is 0 Å². The maximum Gasteiger partial charge on any atom is 0.234 e. The van der Waals surface area contributed by atoms with Gasteiger partial charge in [0.15, 0.2) is 0 Å². The minimum absolute atomic E-state index is 0.345. The first-order valence-corrected chi connectivity index (χ1v) is 5.92. The van der Waals surface area contributed by atoms with Crippen LogP contribution in [0.5, 0.6) is 0 Å². The van der Waals surface area contributed by atoms with Crippen LogP contribution >= 0.6 is 0 Å². The molecule has 0 aliphatic heterocycles. The van der Waals surface area contributed by atoms with E-state index in [0.29, 0.717) is 13.1 Å². The van der Waals surface area contributed by atoms with Crippen LogP contribution in [0.2, 0.25) is 0 Å². The van der Waals surface area contributed by atoms with Crippen molar-refractivity contribution in [1.82, 2.24) is 4.90 Å². The van der Waals surface area contributed by atoms with Gasteiger partial charge in [-0.05, 0) is 19.4 Å². The van der Waals surface area contributed by atoms with Crippen LogP contribution in [0.15, 0.2) is 5.11 Å². The lowest BCUT2D eigenvalue weighted by Crippen LogP contribution is -2.51. The zero-order valence-electron chi connectivity index (χ0n) is 10.9. The predicted octanol–water partition coefficient (Wildman–Crippen LogP) is -1.39. The largest absolute Gasteiger partial charge is 0.394 e. The molecule has 0 saturated heterocycles. The Morgan fingerprint density at radius 3 is 2.16 bits per heavy atom. The molecule has 0 heterocycles. The number of carbonyl (C=O) groups is 1. The molecule has 4 N–H and O–H groups in total. The fourth-order valence-electron chi connectivity index (χ4n) is 1.56. The number of likely N-dealkylation sites (N-methyl/N-ethyl adjacent to an activating group) is 1. The average Bonchev–Trinajstić information content (AvgIpc) is 2.43. The molecule has 0 spiro atoms. The Labute approximate surface area is 110 Å². The highest BCUT2D eigenvalue weighted by Crippen LogP contribution is 2.12. The number of aliphatic hydroxyl groups is 4. The van der Waals surface area contributed by atoms with Gasteiger partial charge in [-0.3, -0.25) is 4.79 Å². The smallest absolute Gasteiger partial charge is 0.234 e. The lowest BCUT2D eigenvalue weighted by molar-refractivity contribution is -0.140. The maximum atomic E-state index is 12.0. The van der Waals surface area contributed by atoms with Crippen LogP contribution in [-0.2, 0) is 4.79 Å². The van der Waals surface area contributed by atoms with Gasteiger partial charge in [-0.15, -0.1) is 0 Å². The second-order valence-electron chi connectivity index (χ2n) is 3.89. The lowest BCUT2D eigenvalue weighted by atomic mass is 10.0. The van der Waals surface area contributed by atoms with E-state index in [1.165, 1.54) is 4.90 Å². The monoisotopic (exact) mass is 276 g/mol. The van der Waals surface area contributed by atoms with Gasteiger partial charge in [-0.2, -0.15) is 0 Å². The average molecular weight is 276 g/mol. The molecule has 0 saturated carbocycles. The summed E-state index contributed by atoms with van der Waals surface area (Å²) in [5.41, 5.74) is 8.42. The Kier molecular flexibility index (Phi) is 8.05. The summed E-state index contributed by atoms with van der Waals surface area (Å²) in [5.74, 6) is -0.653. The van der Waals surface area contributed by atoms with E-state index in [1.54, 1.807) is 13.8 Å². The molecule has 0 aromatic rings. The highest BCUT2D eigenvalue weighted by Gasteiger charge is 2.36. The molecular weight excluding hydrogens is 256 g/mol. The van der Waals surface area contributed by atoms with Crippen LogP contribution in [0.1, 0.15) is 13.8 Å². The van der Waals surface area contributed by atoms with Crippen LogP contribution in [0.4, 0.5) is 0 Å². The summed E-state index contributed by atoms with van der Waals surface area (Å²) < 4.78 is 0. The number of nitrogens with zero attached hydrogens (tertiary/aromatic N) is 4. The van der Waals surface area contributed by atoms with Gasteiger partial charge >= 0.3 is 0 Å². The predicted molar refractivity (Wildman–Crippen MR) is 66.0 cm³/mol. The number of hydrogen-bond donors (Lipinski definition) is 4. The molecule has 9 nitrogen and oxygen atoms in total. The summed E-state index contributed by atoms with van der Waals surface area (Å²) in [4.78, 5) is 15.8. The fourth-order valence-corrected chi connectivity index (χ4v) is 1.56. The SMILES string of the molecule is CCN(CC)C(=O)[C@@H](N=[N+]=[N-])[C@@H](O)[C@H](O)[C@H](O)CO. The van der Waals surface area contributed by atoms with E-state index in [9.17, 15) is 20.1 Å². The summed E-state index contributed by atoms with van der Waals surface area (Å²) in [5, 5.41) is 40.4. The second-order valence-corrected chi connectivity index (χ2v) is 3.89. The highest BCUT2D eigenvalue weighted by atomic mass is 16.4. The van der Waals surface area contributed by atoms with Crippen molar-refractivity contribution in [1.29, 1.82) is 0 Å². The molecule has 19 heavy (non-hydrogen) atoms. The van der Waals surface area contributed by atoms with E-state index < -0.39 is 36.9 Å². The normalized spacial score (nSPS) is 16.9. The first-order valence-electron chi connectivity index (χ1n) is 5.92. The van der Waals surface area contributed by atoms with Gasteiger partial charge in [-0.1, -0.05) is 5.11 Å². The molecular formula is C10H20N4O5. The van der Waals surface area contributed by atoms with Gasteiger partial charge in [0.2, 0.25) is 5.91 Å². The zero-order valence-corrected chi connectivity index (χ0v) is 10.9. The Morgan fingerprint density at radius 1 is 1.26 bits per heavy atom. The minimum Gasteiger partial charge on any atom is -0.394 e. The third kappa shape index (κ3) is 4.66. The molecule has 0 rings (SSSR count). The van der Waals surface area contributed by atoms with Gasteiger partial charge in [0.1, 0.15) is 18.2 Å². The van der Waals surface area contributed by atoms with Gasteiger partial charge in [0, 0.05) is 18.0 Å². The summed E-state index contributed by atoms with van der Waals surface area (Å²) in [7, 11) is 0. The van der Waals surface area contributed by atoms with Crippen molar-refractivity contribution in [2.45, 2.75) is 38.2 Å². The van der Waals surface area contributed by atoms with E-state index in [4.69, 9.17) is 10.6 Å². The van der Waals surface area contributed by atoms with E-state index in [2.05, 4.69) is 10.0 Å². The molecule has 0 aromatic carbocycles. The molecule has 0 unspecified atom stereocenters. The molecule has 0 aromatic heterocycles. The van der Waals surface area contributed by atoms with Gasteiger partial charge in [0.05, 0.1) is 12.7 Å². The Bertz CT molecular complexity index is 330. The van der Waals surface area contributed by atoms with Crippen LogP contribution in [-0.4, -0.2) is 75.3 Å². The molecule has 9 heteroatoms. The molecule has 1 amide bonds. The van der Waals surface area contributed by atoms with Crippen LogP contribution in [0.3, 0.4) is 0 Å². The number of azide groups is 1. The first-order chi connectivity index (χ1) is 8.94. The molecule has 0 fully saturated rings. The quantitative estimate of drug-likeness (QED) is 0.244. The van der Waals surface area contributed by atoms with Crippen LogP contribution in [0.25, 0.3) is 10.4 Å². The van der Waals surface area contributed by atoms with Crippen molar-refractivity contribution in [3.05, 3.63) is 10.4 Å². The van der Waals surface area contributed by atoms with Crippen molar-refractivity contribution in [2.24, 2.45) is 5.11 Å². The van der Waals surface area contributed by atoms with Gasteiger partial charge in [-0.25, -0.2) is 0 Å². The number of carbonyl (C=O) groups excluding carboxylic acids is 1. The minimum atomic E-state index is -1.80. The summed E-state index contributed by atoms with van der Waals surface area (Å²) in [6.07, 6.45) is -5.22. The standard InChI is InChI=1S/C10H20N4O5/c1-3-14(4-2)10(19)7(12-13-11)9(18)8(17)6(16)5-15/h6-9,15-18H,3-5H2,1-2H3/t6-,7+,8-,9-/m1/s1. The van der Waals surface area contributed by atoms with E-state index >= 15 is 0 Å². The first kappa shape index (κ1) is 17.6. The summed E-state index contributed by atoms with van der Waals surface area (Å²) in [6, 6.07) is -1.55. The maximum absolute atomic E-state index is 12.0. The number of rotatable bonds is 8. The molecule has 0 aliphatic carbocycles. The van der Waals surface area contributed by atoms with E-state index in [-0.39, 0.29) is 0 Å². The van der Waals surface area contributed by atoms with Crippen LogP contribution < -0.4 is 0 Å². The third-order valence-electron chi connectivity index (χ3n) is 2.76. The van der Waals surface area contributed by atoms with Crippen molar-refractivity contribution >= 4 is 5.91 Å². The molecule has 0 bridgehead atoms. The Hall–Kier alpha value is -1.38.